The number of carbonyl (C=O) groups is 2. The van der Waals surface area contributed by atoms with E-state index in [1.54, 1.807) is 43.3 Å². The van der Waals surface area contributed by atoms with Gasteiger partial charge in [0.25, 0.3) is 5.91 Å². The van der Waals surface area contributed by atoms with Crippen LogP contribution in [0.15, 0.2) is 52.1 Å². The van der Waals surface area contributed by atoms with Gasteiger partial charge in [0, 0.05) is 18.2 Å². The number of hydrogen-bond acceptors (Lipinski definition) is 5. The van der Waals surface area contributed by atoms with Gasteiger partial charge in [-0.25, -0.2) is 0 Å². The van der Waals surface area contributed by atoms with E-state index < -0.39 is 23.5 Å². The van der Waals surface area contributed by atoms with Crippen molar-refractivity contribution >= 4 is 23.3 Å². The molecule has 0 saturated carbocycles. The Morgan fingerprint density at radius 2 is 2.14 bits per heavy atom. The highest BCUT2D eigenvalue weighted by atomic mass is 35.5. The molecule has 1 aromatic heterocycles. The summed E-state index contributed by atoms with van der Waals surface area (Å²) in [6.07, 6.45) is 1.62. The summed E-state index contributed by atoms with van der Waals surface area (Å²) in [6.45, 7) is 2.66. The molecular weight excluding hydrogens is 382 g/mol. The molecule has 2 atom stereocenters. The molecule has 1 fully saturated rings. The van der Waals surface area contributed by atoms with Gasteiger partial charge in [-0.15, -0.1) is 0 Å². The molecule has 1 saturated heterocycles. The molecule has 0 bridgehead atoms. The molecule has 1 aromatic carbocycles. The maximum Gasteiger partial charge on any atom is 0.290 e. The molecule has 6 nitrogen and oxygen atoms in total. The number of benzene rings is 1. The highest BCUT2D eigenvalue weighted by Crippen LogP contribution is 2.40. The number of aryl methyl sites for hydroxylation is 1. The van der Waals surface area contributed by atoms with Crippen molar-refractivity contribution in [2.45, 2.75) is 31.9 Å². The standard InChI is InChI=1S/C21H20ClNO5/c1-12-7-8-16(28-12)19(24)17-18(13-4-2-5-14(22)10-13)23(21(26)20(17)25)11-15-6-3-9-27-15/h2,4-5,7-8,10,15,18,25H,3,6,9,11H2,1H3. The predicted molar refractivity (Wildman–Crippen MR) is 102 cm³/mol. The summed E-state index contributed by atoms with van der Waals surface area (Å²) >= 11 is 6.15. The van der Waals surface area contributed by atoms with Crippen molar-refractivity contribution in [1.82, 2.24) is 4.90 Å². The molecule has 2 unspecified atom stereocenters. The van der Waals surface area contributed by atoms with Crippen molar-refractivity contribution in [2.24, 2.45) is 0 Å². The SMILES string of the molecule is Cc1ccc(C(=O)C2=C(O)C(=O)N(CC3CCCO3)C2c2cccc(Cl)c2)o1. The third-order valence-corrected chi connectivity index (χ3v) is 5.34. The highest BCUT2D eigenvalue weighted by molar-refractivity contribution is 6.30. The van der Waals surface area contributed by atoms with E-state index in [2.05, 4.69) is 0 Å². The number of hydrogen-bond donors (Lipinski definition) is 1. The number of amides is 1. The molecule has 2 aliphatic heterocycles. The van der Waals surface area contributed by atoms with Gasteiger partial charge < -0.3 is 19.2 Å². The van der Waals surface area contributed by atoms with Gasteiger partial charge in [-0.05, 0) is 49.6 Å². The maximum atomic E-state index is 13.1. The Hall–Kier alpha value is -2.57. The molecule has 146 valence electrons. The van der Waals surface area contributed by atoms with Gasteiger partial charge in [-0.1, -0.05) is 23.7 Å². The second-order valence-corrected chi connectivity index (χ2v) is 7.49. The van der Waals surface area contributed by atoms with Crippen LogP contribution in [0.25, 0.3) is 0 Å². The summed E-state index contributed by atoms with van der Waals surface area (Å²) in [6, 6.07) is 9.40. The van der Waals surface area contributed by atoms with E-state index in [1.165, 1.54) is 4.90 Å². The third kappa shape index (κ3) is 3.34. The molecule has 4 rings (SSSR count). The number of aliphatic hydroxyl groups excluding tert-OH is 1. The van der Waals surface area contributed by atoms with E-state index in [-0.39, 0.29) is 24.0 Å². The Balaban J connectivity index is 1.77. The number of rotatable bonds is 5. The molecule has 2 aliphatic rings. The summed E-state index contributed by atoms with van der Waals surface area (Å²) in [5.74, 6) is -1.01. The Morgan fingerprint density at radius 1 is 1.32 bits per heavy atom. The van der Waals surface area contributed by atoms with Crippen molar-refractivity contribution < 1.29 is 23.8 Å². The summed E-state index contributed by atoms with van der Waals surface area (Å²) in [5.41, 5.74) is 0.647. The number of carbonyl (C=O) groups excluding carboxylic acids is 2. The molecule has 2 aromatic rings. The van der Waals surface area contributed by atoms with Gasteiger partial charge in [0.1, 0.15) is 5.76 Å². The van der Waals surface area contributed by atoms with Gasteiger partial charge >= 0.3 is 0 Å². The Bertz CT molecular complexity index is 957. The number of halogens is 1. The van der Waals surface area contributed by atoms with Crippen LogP contribution in [0.5, 0.6) is 0 Å². The minimum atomic E-state index is -0.756. The maximum absolute atomic E-state index is 13.1. The molecule has 7 heteroatoms. The highest BCUT2D eigenvalue weighted by Gasteiger charge is 2.45. The van der Waals surface area contributed by atoms with E-state index in [0.29, 0.717) is 23.0 Å². The van der Waals surface area contributed by atoms with Crippen LogP contribution < -0.4 is 0 Å². The quantitative estimate of drug-likeness (QED) is 0.766. The fourth-order valence-electron chi connectivity index (χ4n) is 3.79. The average Bonchev–Trinajstić information content (AvgIpc) is 3.38. The van der Waals surface area contributed by atoms with Crippen molar-refractivity contribution in [1.29, 1.82) is 0 Å². The van der Waals surface area contributed by atoms with Crippen molar-refractivity contribution in [3.63, 3.8) is 0 Å². The predicted octanol–water partition coefficient (Wildman–Crippen LogP) is 4.00. The van der Waals surface area contributed by atoms with Crippen LogP contribution in [0.3, 0.4) is 0 Å². The van der Waals surface area contributed by atoms with E-state index in [0.717, 1.165) is 12.8 Å². The minimum Gasteiger partial charge on any atom is -0.503 e. The lowest BCUT2D eigenvalue weighted by molar-refractivity contribution is -0.131. The second-order valence-electron chi connectivity index (χ2n) is 7.05. The lowest BCUT2D eigenvalue weighted by Gasteiger charge is -2.28. The fourth-order valence-corrected chi connectivity index (χ4v) is 3.99. The van der Waals surface area contributed by atoms with Crippen LogP contribution in [0, 0.1) is 6.92 Å². The van der Waals surface area contributed by atoms with Crippen molar-refractivity contribution in [3.8, 4) is 0 Å². The van der Waals surface area contributed by atoms with E-state index in [9.17, 15) is 14.7 Å². The van der Waals surface area contributed by atoms with Crippen LogP contribution >= 0.6 is 11.6 Å². The average molecular weight is 402 g/mol. The normalized spacial score (nSPS) is 22.4. The zero-order valence-electron chi connectivity index (χ0n) is 15.4. The molecule has 28 heavy (non-hydrogen) atoms. The van der Waals surface area contributed by atoms with Crippen molar-refractivity contribution in [2.75, 3.05) is 13.2 Å². The summed E-state index contributed by atoms with van der Waals surface area (Å²) in [7, 11) is 0. The molecule has 3 heterocycles. The molecule has 0 spiro atoms. The van der Waals surface area contributed by atoms with E-state index in [4.69, 9.17) is 20.8 Å². The number of ether oxygens (including phenoxy) is 1. The van der Waals surface area contributed by atoms with Gasteiger partial charge in [0.2, 0.25) is 5.78 Å². The first-order valence-electron chi connectivity index (χ1n) is 9.18. The molecular formula is C21H20ClNO5. The molecule has 0 radical (unpaired) electrons. The van der Waals surface area contributed by atoms with Crippen LogP contribution in [-0.4, -0.2) is 41.0 Å². The molecule has 0 aliphatic carbocycles. The Kier molecular flexibility index (Phi) is 5.00. The van der Waals surface area contributed by atoms with Gasteiger partial charge in [0.05, 0.1) is 17.7 Å². The summed E-state index contributed by atoms with van der Waals surface area (Å²) in [5, 5.41) is 11.1. The number of nitrogens with zero attached hydrogens (tertiary/aromatic N) is 1. The first kappa shape index (κ1) is 18.8. The fraction of sp³-hybridized carbons (Fsp3) is 0.333. The number of aliphatic hydroxyl groups is 1. The van der Waals surface area contributed by atoms with Crippen LogP contribution in [0.4, 0.5) is 0 Å². The van der Waals surface area contributed by atoms with Gasteiger partial charge in [-0.2, -0.15) is 0 Å². The van der Waals surface area contributed by atoms with E-state index in [1.807, 2.05) is 0 Å². The largest absolute Gasteiger partial charge is 0.503 e. The lowest BCUT2D eigenvalue weighted by atomic mass is 9.95. The van der Waals surface area contributed by atoms with Crippen LogP contribution in [0.2, 0.25) is 5.02 Å². The second kappa shape index (κ2) is 7.45. The lowest BCUT2D eigenvalue weighted by Crippen LogP contribution is -2.37. The number of ketones is 1. The van der Waals surface area contributed by atoms with Crippen LogP contribution in [0.1, 0.15) is 40.8 Å². The van der Waals surface area contributed by atoms with Gasteiger partial charge in [-0.3, -0.25) is 9.59 Å². The van der Waals surface area contributed by atoms with Gasteiger partial charge in [0.15, 0.2) is 11.5 Å². The zero-order chi connectivity index (χ0) is 19.8. The molecule has 1 N–H and O–H groups in total. The van der Waals surface area contributed by atoms with E-state index >= 15 is 0 Å². The summed E-state index contributed by atoms with van der Waals surface area (Å²) in [4.78, 5) is 27.5. The number of Topliss-reactive ketones (excluding diaryl/α,β-unsaturated/α-hetero) is 1. The smallest absolute Gasteiger partial charge is 0.290 e. The van der Waals surface area contributed by atoms with Crippen molar-refractivity contribution in [3.05, 3.63) is 69.8 Å². The molecule has 1 amide bonds. The topological polar surface area (TPSA) is 80.0 Å². The monoisotopic (exact) mass is 401 g/mol. The third-order valence-electron chi connectivity index (χ3n) is 5.10. The zero-order valence-corrected chi connectivity index (χ0v) is 16.1. The Labute approximate surface area is 167 Å². The first-order valence-corrected chi connectivity index (χ1v) is 9.56. The summed E-state index contributed by atoms with van der Waals surface area (Å²) < 4.78 is 11.1. The Morgan fingerprint density at radius 3 is 2.79 bits per heavy atom. The number of furan rings is 1. The minimum absolute atomic E-state index is 0.000358. The van der Waals surface area contributed by atoms with Crippen LogP contribution in [-0.2, 0) is 9.53 Å². The first-order chi connectivity index (χ1) is 13.5.